The van der Waals surface area contributed by atoms with E-state index >= 15 is 0 Å². The van der Waals surface area contributed by atoms with Gasteiger partial charge in [-0.15, -0.1) is 0 Å². The van der Waals surface area contributed by atoms with Gasteiger partial charge >= 0.3 is 12.0 Å². The molecule has 0 spiro atoms. The van der Waals surface area contributed by atoms with Crippen molar-refractivity contribution in [3.8, 4) is 11.3 Å². The van der Waals surface area contributed by atoms with Crippen LogP contribution in [0.4, 0.5) is 10.5 Å². The quantitative estimate of drug-likeness (QED) is 0.355. The summed E-state index contributed by atoms with van der Waals surface area (Å²) in [6, 6.07) is 12.9. The van der Waals surface area contributed by atoms with Gasteiger partial charge in [-0.2, -0.15) is 0 Å². The SMILES string of the molecule is COC(=O)c1ccc(-c2ccc(/C=C3\C(=O)NC(=O)N(c4cc(C)cc(C)c4)C3=O)o2)c(C)c1. The number of urea groups is 1. The molecule has 8 heteroatoms. The summed E-state index contributed by atoms with van der Waals surface area (Å²) in [5.41, 5.74) is 3.85. The minimum absolute atomic E-state index is 0.225. The molecular weight excluding hydrogens is 436 g/mol. The molecule has 0 unspecified atom stereocenters. The lowest BCUT2D eigenvalue weighted by molar-refractivity contribution is -0.122. The third kappa shape index (κ3) is 4.25. The Balaban J connectivity index is 1.66. The van der Waals surface area contributed by atoms with Crippen LogP contribution in [-0.2, 0) is 14.3 Å². The molecule has 1 N–H and O–H groups in total. The predicted molar refractivity (Wildman–Crippen MR) is 125 cm³/mol. The standard InChI is InChI=1S/C26H22N2O6/c1-14-9-15(2)11-18(10-14)28-24(30)21(23(29)27-26(28)32)13-19-6-8-22(34-19)20-7-5-17(12-16(20)3)25(31)33-4/h5-13H,1-4H3,(H,27,29,32)/b21-13+. The van der Waals surface area contributed by atoms with Crippen LogP contribution in [0.3, 0.4) is 0 Å². The highest BCUT2D eigenvalue weighted by atomic mass is 16.5. The van der Waals surface area contributed by atoms with Crippen molar-refractivity contribution in [1.82, 2.24) is 5.32 Å². The maximum absolute atomic E-state index is 13.1. The number of benzene rings is 2. The van der Waals surface area contributed by atoms with Crippen molar-refractivity contribution in [2.24, 2.45) is 0 Å². The first-order chi connectivity index (χ1) is 16.2. The van der Waals surface area contributed by atoms with Gasteiger partial charge in [-0.1, -0.05) is 12.1 Å². The Kier molecular flexibility index (Phi) is 5.89. The number of rotatable bonds is 4. The van der Waals surface area contributed by atoms with Gasteiger partial charge < -0.3 is 9.15 Å². The van der Waals surface area contributed by atoms with E-state index < -0.39 is 23.8 Å². The normalized spacial score (nSPS) is 15.0. The van der Waals surface area contributed by atoms with E-state index in [0.717, 1.165) is 27.2 Å². The Labute approximate surface area is 195 Å². The lowest BCUT2D eigenvalue weighted by Gasteiger charge is -2.26. The molecule has 8 nitrogen and oxygen atoms in total. The van der Waals surface area contributed by atoms with Gasteiger partial charge in [-0.25, -0.2) is 14.5 Å². The fourth-order valence-electron chi connectivity index (χ4n) is 3.87. The number of furan rings is 1. The van der Waals surface area contributed by atoms with Crippen LogP contribution in [0, 0.1) is 20.8 Å². The molecule has 1 saturated heterocycles. The Morgan fingerprint density at radius 2 is 1.68 bits per heavy atom. The molecule has 1 aromatic heterocycles. The summed E-state index contributed by atoms with van der Waals surface area (Å²) >= 11 is 0. The zero-order valence-electron chi connectivity index (χ0n) is 19.1. The predicted octanol–water partition coefficient (Wildman–Crippen LogP) is 4.32. The molecule has 2 aromatic carbocycles. The van der Waals surface area contributed by atoms with E-state index in [4.69, 9.17) is 9.15 Å². The highest BCUT2D eigenvalue weighted by molar-refractivity contribution is 6.39. The molecule has 2 heterocycles. The van der Waals surface area contributed by atoms with E-state index in [-0.39, 0.29) is 11.3 Å². The number of aryl methyl sites for hydroxylation is 3. The topological polar surface area (TPSA) is 106 Å². The van der Waals surface area contributed by atoms with Crippen LogP contribution < -0.4 is 10.2 Å². The molecule has 4 amide bonds. The number of amides is 4. The Morgan fingerprint density at radius 3 is 2.32 bits per heavy atom. The number of hydrogen-bond donors (Lipinski definition) is 1. The largest absolute Gasteiger partial charge is 0.465 e. The third-order valence-electron chi connectivity index (χ3n) is 5.39. The summed E-state index contributed by atoms with van der Waals surface area (Å²) in [6.45, 7) is 5.54. The molecule has 0 saturated carbocycles. The summed E-state index contributed by atoms with van der Waals surface area (Å²) in [7, 11) is 1.31. The molecule has 3 aromatic rings. The number of anilines is 1. The zero-order chi connectivity index (χ0) is 24.6. The summed E-state index contributed by atoms with van der Waals surface area (Å²) < 4.78 is 10.6. The maximum atomic E-state index is 13.1. The number of imide groups is 2. The molecule has 0 radical (unpaired) electrons. The first kappa shape index (κ1) is 22.7. The highest BCUT2D eigenvalue weighted by Gasteiger charge is 2.37. The van der Waals surface area contributed by atoms with Crippen molar-refractivity contribution < 1.29 is 28.3 Å². The van der Waals surface area contributed by atoms with Gasteiger partial charge in [-0.3, -0.25) is 14.9 Å². The number of esters is 1. The minimum atomic E-state index is -0.807. The second-order valence-corrected chi connectivity index (χ2v) is 8.03. The molecule has 1 aliphatic heterocycles. The van der Waals surface area contributed by atoms with Gasteiger partial charge in [0.15, 0.2) is 0 Å². The van der Waals surface area contributed by atoms with E-state index in [1.165, 1.54) is 13.2 Å². The van der Waals surface area contributed by atoms with Gasteiger partial charge in [0.2, 0.25) is 0 Å². The first-order valence-corrected chi connectivity index (χ1v) is 10.5. The Morgan fingerprint density at radius 1 is 0.971 bits per heavy atom. The van der Waals surface area contributed by atoms with Gasteiger partial charge in [0.05, 0.1) is 18.4 Å². The molecule has 0 bridgehead atoms. The van der Waals surface area contributed by atoms with Crippen LogP contribution in [0.15, 0.2) is 58.5 Å². The fourth-order valence-corrected chi connectivity index (χ4v) is 3.87. The molecule has 34 heavy (non-hydrogen) atoms. The second-order valence-electron chi connectivity index (χ2n) is 8.03. The number of nitrogens with one attached hydrogen (secondary N) is 1. The zero-order valence-corrected chi connectivity index (χ0v) is 19.1. The number of methoxy groups -OCH3 is 1. The van der Waals surface area contributed by atoms with E-state index in [1.807, 2.05) is 26.8 Å². The van der Waals surface area contributed by atoms with Gasteiger partial charge in [-0.05, 0) is 79.9 Å². The molecule has 4 rings (SSSR count). The van der Waals surface area contributed by atoms with Crippen molar-refractivity contribution in [3.05, 3.63) is 82.1 Å². The smallest absolute Gasteiger partial charge is 0.337 e. The molecule has 0 aliphatic carbocycles. The number of carbonyl (C=O) groups excluding carboxylic acids is 4. The number of carbonyl (C=O) groups is 4. The summed E-state index contributed by atoms with van der Waals surface area (Å²) in [5, 5.41) is 2.21. The molecule has 1 fully saturated rings. The number of ether oxygens (including phenoxy) is 1. The van der Waals surface area contributed by atoms with E-state index in [0.29, 0.717) is 17.0 Å². The summed E-state index contributed by atoms with van der Waals surface area (Å²) in [6.07, 6.45) is 1.31. The average Bonchev–Trinajstić information content (AvgIpc) is 3.23. The lowest BCUT2D eigenvalue weighted by Crippen LogP contribution is -2.54. The monoisotopic (exact) mass is 458 g/mol. The van der Waals surface area contributed by atoms with Gasteiger partial charge in [0.1, 0.15) is 17.1 Å². The fraction of sp³-hybridized carbons (Fsp3) is 0.154. The van der Waals surface area contributed by atoms with Gasteiger partial charge in [0, 0.05) is 5.56 Å². The summed E-state index contributed by atoms with van der Waals surface area (Å²) in [4.78, 5) is 50.7. The van der Waals surface area contributed by atoms with Crippen molar-refractivity contribution >= 4 is 35.6 Å². The van der Waals surface area contributed by atoms with E-state index in [9.17, 15) is 19.2 Å². The minimum Gasteiger partial charge on any atom is -0.465 e. The maximum Gasteiger partial charge on any atom is 0.337 e. The first-order valence-electron chi connectivity index (χ1n) is 10.5. The summed E-state index contributed by atoms with van der Waals surface area (Å²) in [5.74, 6) is -1.22. The van der Waals surface area contributed by atoms with Crippen LogP contribution in [0.5, 0.6) is 0 Å². The van der Waals surface area contributed by atoms with Crippen molar-refractivity contribution in [3.63, 3.8) is 0 Å². The lowest BCUT2D eigenvalue weighted by atomic mass is 10.0. The van der Waals surface area contributed by atoms with E-state index in [1.54, 1.807) is 42.5 Å². The van der Waals surface area contributed by atoms with E-state index in [2.05, 4.69) is 5.32 Å². The molecule has 172 valence electrons. The number of nitrogens with zero attached hydrogens (tertiary/aromatic N) is 1. The van der Waals surface area contributed by atoms with Crippen molar-refractivity contribution in [2.45, 2.75) is 20.8 Å². The molecule has 0 atom stereocenters. The van der Waals surface area contributed by atoms with Gasteiger partial charge in [0.25, 0.3) is 11.8 Å². The average molecular weight is 458 g/mol. The Bertz CT molecular complexity index is 1360. The second kappa shape index (κ2) is 8.82. The Hall–Kier alpha value is -4.46. The third-order valence-corrected chi connectivity index (χ3v) is 5.39. The molecular formula is C26H22N2O6. The van der Waals surface area contributed by atoms with Crippen LogP contribution in [-0.4, -0.2) is 30.9 Å². The van der Waals surface area contributed by atoms with Crippen LogP contribution in [0.25, 0.3) is 17.4 Å². The van der Waals surface area contributed by atoms with Crippen LogP contribution >= 0.6 is 0 Å². The number of barbiturate groups is 1. The molecule has 1 aliphatic rings. The number of hydrogen-bond acceptors (Lipinski definition) is 6. The van der Waals surface area contributed by atoms with Crippen LogP contribution in [0.2, 0.25) is 0 Å². The highest BCUT2D eigenvalue weighted by Crippen LogP contribution is 2.29. The van der Waals surface area contributed by atoms with Crippen LogP contribution in [0.1, 0.15) is 32.8 Å². The van der Waals surface area contributed by atoms with Crippen molar-refractivity contribution in [1.29, 1.82) is 0 Å². The van der Waals surface area contributed by atoms with Crippen molar-refractivity contribution in [2.75, 3.05) is 12.0 Å².